The van der Waals surface area contributed by atoms with Crippen LogP contribution in [-0.4, -0.2) is 13.7 Å². The van der Waals surface area contributed by atoms with Gasteiger partial charge in [-0.15, -0.1) is 0 Å². The summed E-state index contributed by atoms with van der Waals surface area (Å²) in [6.45, 7) is 3.81. The monoisotopic (exact) mass is 297 g/mol. The summed E-state index contributed by atoms with van der Waals surface area (Å²) in [6, 6.07) is 15.0. The molecule has 116 valence electrons. The number of hydrogen-bond acceptors (Lipinski definition) is 3. The first-order chi connectivity index (χ1) is 10.8. The van der Waals surface area contributed by atoms with Crippen molar-refractivity contribution in [3.05, 3.63) is 59.2 Å². The van der Waals surface area contributed by atoms with Gasteiger partial charge in [0.05, 0.1) is 13.7 Å². The van der Waals surface area contributed by atoms with Gasteiger partial charge in [-0.25, -0.2) is 0 Å². The molecule has 1 heterocycles. The maximum Gasteiger partial charge on any atom is 0.127 e. The van der Waals surface area contributed by atoms with Gasteiger partial charge >= 0.3 is 0 Å². The van der Waals surface area contributed by atoms with Crippen LogP contribution in [0.1, 0.15) is 36.1 Å². The molecule has 0 saturated carbocycles. The van der Waals surface area contributed by atoms with Gasteiger partial charge in [0.25, 0.3) is 0 Å². The van der Waals surface area contributed by atoms with E-state index in [1.807, 2.05) is 12.1 Å². The summed E-state index contributed by atoms with van der Waals surface area (Å²) in [6.07, 6.45) is 2.02. The van der Waals surface area contributed by atoms with Gasteiger partial charge < -0.3 is 14.8 Å². The number of nitrogens with one attached hydrogen (secondary N) is 1. The fourth-order valence-corrected chi connectivity index (χ4v) is 2.96. The lowest BCUT2D eigenvalue weighted by Crippen LogP contribution is -2.27. The molecule has 0 saturated heterocycles. The van der Waals surface area contributed by atoms with Crippen molar-refractivity contribution < 1.29 is 9.47 Å². The molecule has 1 atom stereocenters. The first-order valence-corrected chi connectivity index (χ1v) is 7.92. The van der Waals surface area contributed by atoms with E-state index in [1.54, 1.807) is 7.11 Å². The van der Waals surface area contributed by atoms with Crippen molar-refractivity contribution in [3.63, 3.8) is 0 Å². The second-order valence-corrected chi connectivity index (χ2v) is 5.61. The lowest BCUT2D eigenvalue weighted by molar-refractivity contribution is 0.250. The number of benzene rings is 2. The molecule has 1 aliphatic rings. The molecular formula is C19H23NO2. The fourth-order valence-electron chi connectivity index (χ4n) is 2.96. The van der Waals surface area contributed by atoms with Crippen molar-refractivity contribution in [2.75, 3.05) is 13.7 Å². The molecule has 0 aromatic heterocycles. The topological polar surface area (TPSA) is 30.5 Å². The second-order valence-electron chi connectivity index (χ2n) is 5.61. The Morgan fingerprint density at radius 3 is 2.73 bits per heavy atom. The third kappa shape index (κ3) is 3.09. The summed E-state index contributed by atoms with van der Waals surface area (Å²) in [7, 11) is 1.69. The van der Waals surface area contributed by atoms with Gasteiger partial charge in [-0.2, -0.15) is 0 Å². The van der Waals surface area contributed by atoms with E-state index in [-0.39, 0.29) is 0 Å². The SMILES string of the molecule is CCc1cccc2c1OCCC2NCc1ccc(OC)cc1. The van der Waals surface area contributed by atoms with Crippen molar-refractivity contribution in [3.8, 4) is 11.5 Å². The number of aryl methyl sites for hydroxylation is 1. The van der Waals surface area contributed by atoms with Gasteiger partial charge in [0.1, 0.15) is 11.5 Å². The number of para-hydroxylation sites is 1. The summed E-state index contributed by atoms with van der Waals surface area (Å²) >= 11 is 0. The quantitative estimate of drug-likeness (QED) is 0.908. The van der Waals surface area contributed by atoms with Gasteiger partial charge in [0.2, 0.25) is 0 Å². The Morgan fingerprint density at radius 1 is 1.18 bits per heavy atom. The van der Waals surface area contributed by atoms with Gasteiger partial charge in [-0.3, -0.25) is 0 Å². The third-order valence-electron chi connectivity index (χ3n) is 4.25. The molecule has 2 aromatic carbocycles. The van der Waals surface area contributed by atoms with Crippen LogP contribution in [0.15, 0.2) is 42.5 Å². The minimum atomic E-state index is 0.359. The van der Waals surface area contributed by atoms with Crippen LogP contribution in [0.3, 0.4) is 0 Å². The number of methoxy groups -OCH3 is 1. The molecular weight excluding hydrogens is 274 g/mol. The molecule has 22 heavy (non-hydrogen) atoms. The zero-order chi connectivity index (χ0) is 15.4. The van der Waals surface area contributed by atoms with Crippen molar-refractivity contribution in [1.29, 1.82) is 0 Å². The maximum atomic E-state index is 5.90. The zero-order valence-electron chi connectivity index (χ0n) is 13.3. The van der Waals surface area contributed by atoms with Crippen LogP contribution in [0, 0.1) is 0 Å². The molecule has 0 aliphatic carbocycles. The Hall–Kier alpha value is -2.00. The summed E-state index contributed by atoms with van der Waals surface area (Å²) in [5.74, 6) is 1.98. The van der Waals surface area contributed by atoms with E-state index in [1.165, 1.54) is 16.7 Å². The Bertz CT molecular complexity index is 622. The van der Waals surface area contributed by atoms with Crippen molar-refractivity contribution in [1.82, 2.24) is 5.32 Å². The molecule has 2 aromatic rings. The van der Waals surface area contributed by atoms with Crippen LogP contribution in [0.5, 0.6) is 11.5 Å². The second kappa shape index (κ2) is 6.84. The van der Waals surface area contributed by atoms with E-state index in [4.69, 9.17) is 9.47 Å². The number of ether oxygens (including phenoxy) is 2. The van der Waals surface area contributed by atoms with Crippen LogP contribution >= 0.6 is 0 Å². The molecule has 3 heteroatoms. The van der Waals surface area contributed by atoms with E-state index in [0.29, 0.717) is 6.04 Å². The molecule has 0 spiro atoms. The highest BCUT2D eigenvalue weighted by molar-refractivity contribution is 5.44. The predicted molar refractivity (Wildman–Crippen MR) is 88.5 cm³/mol. The molecule has 0 fully saturated rings. The van der Waals surface area contributed by atoms with Crippen molar-refractivity contribution >= 4 is 0 Å². The van der Waals surface area contributed by atoms with Crippen LogP contribution in [0.25, 0.3) is 0 Å². The van der Waals surface area contributed by atoms with Crippen LogP contribution < -0.4 is 14.8 Å². The Morgan fingerprint density at radius 2 is 2.00 bits per heavy atom. The van der Waals surface area contributed by atoms with Crippen molar-refractivity contribution in [2.45, 2.75) is 32.4 Å². The molecule has 3 nitrogen and oxygen atoms in total. The lowest BCUT2D eigenvalue weighted by atomic mass is 9.96. The Labute approximate surface area is 132 Å². The third-order valence-corrected chi connectivity index (χ3v) is 4.25. The van der Waals surface area contributed by atoms with Gasteiger partial charge in [0, 0.05) is 24.6 Å². The van der Waals surface area contributed by atoms with E-state index in [2.05, 4.69) is 42.6 Å². The lowest BCUT2D eigenvalue weighted by Gasteiger charge is -2.28. The smallest absolute Gasteiger partial charge is 0.127 e. The van der Waals surface area contributed by atoms with Gasteiger partial charge in [-0.05, 0) is 29.7 Å². The van der Waals surface area contributed by atoms with E-state index >= 15 is 0 Å². The number of hydrogen-bond donors (Lipinski definition) is 1. The number of fused-ring (bicyclic) bond motifs is 1. The van der Waals surface area contributed by atoms with Gasteiger partial charge in [0.15, 0.2) is 0 Å². The largest absolute Gasteiger partial charge is 0.497 e. The normalized spacial score (nSPS) is 16.7. The Kier molecular flexibility index (Phi) is 4.64. The minimum absolute atomic E-state index is 0.359. The van der Waals surface area contributed by atoms with E-state index < -0.39 is 0 Å². The zero-order valence-corrected chi connectivity index (χ0v) is 13.3. The highest BCUT2D eigenvalue weighted by Gasteiger charge is 2.22. The van der Waals surface area contributed by atoms with E-state index in [9.17, 15) is 0 Å². The predicted octanol–water partition coefficient (Wildman–Crippen LogP) is 3.87. The summed E-state index contributed by atoms with van der Waals surface area (Å²) in [5.41, 5.74) is 3.85. The summed E-state index contributed by atoms with van der Waals surface area (Å²) in [4.78, 5) is 0. The van der Waals surface area contributed by atoms with Crippen LogP contribution in [0.4, 0.5) is 0 Å². The van der Waals surface area contributed by atoms with Crippen LogP contribution in [-0.2, 0) is 13.0 Å². The molecule has 0 radical (unpaired) electrons. The standard InChI is InChI=1S/C19H23NO2/c1-3-15-5-4-6-17-18(11-12-22-19(15)17)20-13-14-7-9-16(21-2)10-8-14/h4-10,18,20H,3,11-13H2,1-2H3. The first kappa shape index (κ1) is 14.9. The average Bonchev–Trinajstić information content (AvgIpc) is 2.59. The maximum absolute atomic E-state index is 5.90. The first-order valence-electron chi connectivity index (χ1n) is 7.92. The molecule has 1 N–H and O–H groups in total. The Balaban J connectivity index is 1.71. The highest BCUT2D eigenvalue weighted by atomic mass is 16.5. The molecule has 0 amide bonds. The number of rotatable bonds is 5. The highest BCUT2D eigenvalue weighted by Crippen LogP contribution is 2.35. The fraction of sp³-hybridized carbons (Fsp3) is 0.368. The van der Waals surface area contributed by atoms with E-state index in [0.717, 1.165) is 37.5 Å². The molecule has 1 aliphatic heterocycles. The molecule has 0 bridgehead atoms. The van der Waals surface area contributed by atoms with Crippen LogP contribution in [0.2, 0.25) is 0 Å². The van der Waals surface area contributed by atoms with Gasteiger partial charge in [-0.1, -0.05) is 37.3 Å². The molecule has 3 rings (SSSR count). The average molecular weight is 297 g/mol. The minimum Gasteiger partial charge on any atom is -0.497 e. The summed E-state index contributed by atoms with van der Waals surface area (Å²) < 4.78 is 11.1. The van der Waals surface area contributed by atoms with Crippen molar-refractivity contribution in [2.24, 2.45) is 0 Å². The summed E-state index contributed by atoms with van der Waals surface area (Å²) in [5, 5.41) is 3.66. The molecule has 1 unspecified atom stereocenters.